The van der Waals surface area contributed by atoms with Crippen molar-refractivity contribution < 1.29 is 22.7 Å². The molecule has 0 radical (unpaired) electrons. The van der Waals surface area contributed by atoms with E-state index in [2.05, 4.69) is 21.2 Å². The minimum Gasteiger partial charge on any atom is -0.444 e. The van der Waals surface area contributed by atoms with E-state index in [-0.39, 0.29) is 17.9 Å². The molecule has 0 spiro atoms. The highest BCUT2D eigenvalue weighted by molar-refractivity contribution is 9.10. The van der Waals surface area contributed by atoms with E-state index >= 15 is 0 Å². The molecule has 2 amide bonds. The van der Waals surface area contributed by atoms with Crippen LogP contribution in [-0.4, -0.2) is 32.6 Å². The second-order valence-corrected chi connectivity index (χ2v) is 8.61. The number of benzene rings is 1. The van der Waals surface area contributed by atoms with E-state index in [1.54, 1.807) is 32.9 Å². The number of carbonyl (C=O) groups is 2. The Hall–Kier alpha value is -1.61. The third kappa shape index (κ3) is 7.78. The Kier molecular flexibility index (Phi) is 7.22. The number of nitrogens with one attached hydrogen (secondary N) is 2. The summed E-state index contributed by atoms with van der Waals surface area (Å²) in [6.07, 6.45) is -0.322. The molecule has 0 saturated heterocycles. The monoisotopic (exact) mass is 420 g/mol. The Balaban J connectivity index is 2.38. The molecular weight excluding hydrogens is 400 g/mol. The first-order chi connectivity index (χ1) is 11.0. The summed E-state index contributed by atoms with van der Waals surface area (Å²) < 4.78 is 31.8. The summed E-state index contributed by atoms with van der Waals surface area (Å²) >= 11 is 3.21. The molecule has 1 aromatic rings. The Bertz CT molecular complexity index is 681. The summed E-state index contributed by atoms with van der Waals surface area (Å²) in [6, 6.07) is 5.93. The van der Waals surface area contributed by atoms with Crippen LogP contribution in [0.25, 0.3) is 0 Å². The van der Waals surface area contributed by atoms with Crippen LogP contribution in [0, 0.1) is 0 Å². The number of alkyl carbamates (subject to hydrolysis) is 1. The van der Waals surface area contributed by atoms with Crippen molar-refractivity contribution in [3.63, 3.8) is 0 Å². The van der Waals surface area contributed by atoms with Gasteiger partial charge in [-0.15, -0.1) is 0 Å². The van der Waals surface area contributed by atoms with Crippen molar-refractivity contribution in [2.45, 2.75) is 44.1 Å². The fourth-order valence-corrected chi connectivity index (χ4v) is 2.91. The largest absolute Gasteiger partial charge is 0.444 e. The van der Waals surface area contributed by atoms with E-state index in [4.69, 9.17) is 4.74 Å². The number of amides is 2. The lowest BCUT2D eigenvalue weighted by Crippen LogP contribution is -2.34. The van der Waals surface area contributed by atoms with E-state index < -0.39 is 27.6 Å². The molecule has 1 rings (SSSR count). The molecule has 134 valence electrons. The average Bonchev–Trinajstić information content (AvgIpc) is 2.41. The van der Waals surface area contributed by atoms with Gasteiger partial charge in [0.1, 0.15) is 5.60 Å². The fourth-order valence-electron chi connectivity index (χ4n) is 1.63. The van der Waals surface area contributed by atoms with Crippen molar-refractivity contribution in [1.29, 1.82) is 0 Å². The standard InChI is InChI=1S/C15H21BrN2O5S/c1-15(2,3)23-14(20)17-10-4-5-13(19)18-24(21,22)12-8-6-11(16)7-9-12/h6-9H,4-5,10H2,1-3H3,(H,17,20)(H,18,19). The van der Waals surface area contributed by atoms with Gasteiger partial charge in [-0.25, -0.2) is 17.9 Å². The molecule has 1 aromatic carbocycles. The van der Waals surface area contributed by atoms with E-state index in [1.807, 2.05) is 4.72 Å². The zero-order valence-electron chi connectivity index (χ0n) is 13.8. The van der Waals surface area contributed by atoms with Crippen molar-refractivity contribution in [1.82, 2.24) is 10.0 Å². The Morgan fingerprint density at radius 2 is 1.75 bits per heavy atom. The second kappa shape index (κ2) is 8.48. The Labute approximate surface area is 150 Å². The van der Waals surface area contributed by atoms with Gasteiger partial charge in [-0.1, -0.05) is 15.9 Å². The third-order valence-electron chi connectivity index (χ3n) is 2.62. The van der Waals surface area contributed by atoms with Crippen LogP contribution in [0.5, 0.6) is 0 Å². The van der Waals surface area contributed by atoms with E-state index in [0.717, 1.165) is 4.47 Å². The number of ether oxygens (including phenoxy) is 1. The van der Waals surface area contributed by atoms with Gasteiger partial charge in [-0.2, -0.15) is 0 Å². The topological polar surface area (TPSA) is 102 Å². The molecule has 0 atom stereocenters. The van der Waals surface area contributed by atoms with Crippen molar-refractivity contribution >= 4 is 38.0 Å². The van der Waals surface area contributed by atoms with E-state index in [0.29, 0.717) is 6.42 Å². The summed E-state index contributed by atoms with van der Waals surface area (Å²) in [5.74, 6) is -0.635. The van der Waals surface area contributed by atoms with Crippen LogP contribution in [0.3, 0.4) is 0 Å². The van der Waals surface area contributed by atoms with Gasteiger partial charge in [0.25, 0.3) is 10.0 Å². The lowest BCUT2D eigenvalue weighted by atomic mass is 10.2. The van der Waals surface area contributed by atoms with E-state index in [1.165, 1.54) is 12.1 Å². The summed E-state index contributed by atoms with van der Waals surface area (Å²) in [6.45, 7) is 5.44. The molecule has 2 N–H and O–H groups in total. The quantitative estimate of drug-likeness (QED) is 0.688. The van der Waals surface area contributed by atoms with Crippen molar-refractivity contribution in [3.8, 4) is 0 Å². The zero-order chi connectivity index (χ0) is 18.4. The molecule has 0 aliphatic rings. The van der Waals surface area contributed by atoms with Crippen molar-refractivity contribution in [3.05, 3.63) is 28.7 Å². The molecule has 0 heterocycles. The maximum Gasteiger partial charge on any atom is 0.407 e. The highest BCUT2D eigenvalue weighted by Gasteiger charge is 2.18. The van der Waals surface area contributed by atoms with Crippen LogP contribution in [0.1, 0.15) is 33.6 Å². The van der Waals surface area contributed by atoms with Gasteiger partial charge in [-0.3, -0.25) is 4.79 Å². The molecule has 0 aromatic heterocycles. The van der Waals surface area contributed by atoms with Crippen LogP contribution in [0.15, 0.2) is 33.6 Å². The fraction of sp³-hybridized carbons (Fsp3) is 0.467. The van der Waals surface area contributed by atoms with Crippen molar-refractivity contribution in [2.75, 3.05) is 6.54 Å². The third-order valence-corrected chi connectivity index (χ3v) is 4.54. The first-order valence-corrected chi connectivity index (χ1v) is 9.55. The number of hydrogen-bond acceptors (Lipinski definition) is 5. The molecule has 24 heavy (non-hydrogen) atoms. The van der Waals surface area contributed by atoms with Gasteiger partial charge in [0.2, 0.25) is 5.91 Å². The summed E-state index contributed by atoms with van der Waals surface area (Å²) in [5.41, 5.74) is -0.597. The van der Waals surface area contributed by atoms with Crippen LogP contribution < -0.4 is 10.0 Å². The van der Waals surface area contributed by atoms with Crippen LogP contribution in [-0.2, 0) is 19.6 Å². The van der Waals surface area contributed by atoms with Gasteiger partial charge < -0.3 is 10.1 Å². The maximum absolute atomic E-state index is 12.0. The maximum atomic E-state index is 12.0. The normalized spacial score (nSPS) is 11.7. The van der Waals surface area contributed by atoms with Gasteiger partial charge in [0, 0.05) is 17.4 Å². The van der Waals surface area contributed by atoms with Crippen molar-refractivity contribution in [2.24, 2.45) is 0 Å². The minimum atomic E-state index is -3.89. The van der Waals surface area contributed by atoms with E-state index in [9.17, 15) is 18.0 Å². The van der Waals surface area contributed by atoms with Crippen LogP contribution in [0.2, 0.25) is 0 Å². The molecule has 0 unspecified atom stereocenters. The number of halogens is 1. The van der Waals surface area contributed by atoms with Gasteiger partial charge in [0.15, 0.2) is 0 Å². The van der Waals surface area contributed by atoms with Gasteiger partial charge >= 0.3 is 6.09 Å². The highest BCUT2D eigenvalue weighted by Crippen LogP contribution is 2.14. The highest BCUT2D eigenvalue weighted by atomic mass is 79.9. The summed E-state index contributed by atoms with van der Waals surface area (Å²) in [4.78, 5) is 23.1. The minimum absolute atomic E-state index is 0.00549. The number of carbonyl (C=O) groups excluding carboxylic acids is 2. The average molecular weight is 421 g/mol. The molecule has 0 fully saturated rings. The molecular formula is C15H21BrN2O5S. The smallest absolute Gasteiger partial charge is 0.407 e. The molecule has 0 aliphatic carbocycles. The second-order valence-electron chi connectivity index (χ2n) is 6.01. The Morgan fingerprint density at radius 3 is 2.29 bits per heavy atom. The molecule has 9 heteroatoms. The predicted octanol–water partition coefficient (Wildman–Crippen LogP) is 2.56. The number of rotatable bonds is 6. The summed E-state index contributed by atoms with van der Waals surface area (Å²) in [7, 11) is -3.89. The van der Waals surface area contributed by atoms with Gasteiger partial charge in [0.05, 0.1) is 4.90 Å². The lowest BCUT2D eigenvalue weighted by molar-refractivity contribution is -0.119. The lowest BCUT2D eigenvalue weighted by Gasteiger charge is -2.19. The summed E-state index contributed by atoms with van der Waals surface area (Å²) in [5, 5.41) is 2.50. The Morgan fingerprint density at radius 1 is 1.17 bits per heavy atom. The molecule has 7 nitrogen and oxygen atoms in total. The first kappa shape index (κ1) is 20.4. The first-order valence-electron chi connectivity index (χ1n) is 7.28. The molecule has 0 saturated carbocycles. The number of sulfonamides is 1. The zero-order valence-corrected chi connectivity index (χ0v) is 16.2. The predicted molar refractivity (Wildman–Crippen MR) is 92.9 cm³/mol. The van der Waals surface area contributed by atoms with Gasteiger partial charge in [-0.05, 0) is 51.5 Å². The van der Waals surface area contributed by atoms with Crippen LogP contribution >= 0.6 is 15.9 Å². The SMILES string of the molecule is CC(C)(C)OC(=O)NCCCC(=O)NS(=O)(=O)c1ccc(Br)cc1. The van der Waals surface area contributed by atoms with Crippen LogP contribution in [0.4, 0.5) is 4.79 Å². The molecule has 0 bridgehead atoms. The number of hydrogen-bond donors (Lipinski definition) is 2. The molecule has 0 aliphatic heterocycles.